The van der Waals surface area contributed by atoms with Crippen molar-refractivity contribution in [2.45, 2.75) is 13.8 Å². The first-order valence-electron chi connectivity index (χ1n) is 9.11. The number of ether oxygens (including phenoxy) is 3. The molecule has 0 aromatic heterocycles. The Morgan fingerprint density at radius 1 is 1.24 bits per heavy atom. The van der Waals surface area contributed by atoms with Crippen LogP contribution in [0.1, 0.15) is 18.1 Å². The summed E-state index contributed by atoms with van der Waals surface area (Å²) in [5.41, 5.74) is 2.58. The molecule has 1 N–H and O–H groups in total. The number of nitrogens with zero attached hydrogens (tertiary/aromatic N) is 1. The van der Waals surface area contributed by atoms with Crippen molar-refractivity contribution >= 4 is 34.5 Å². The van der Waals surface area contributed by atoms with Gasteiger partial charge in [0.2, 0.25) is 6.79 Å². The Morgan fingerprint density at radius 3 is 2.83 bits per heavy atom. The van der Waals surface area contributed by atoms with Crippen LogP contribution in [0.25, 0.3) is 6.08 Å². The van der Waals surface area contributed by atoms with Crippen LogP contribution in [0.15, 0.2) is 63.7 Å². The number of aliphatic imine (C=N–C) groups is 1. The van der Waals surface area contributed by atoms with E-state index >= 15 is 0 Å². The predicted octanol–water partition coefficient (Wildman–Crippen LogP) is 4.92. The van der Waals surface area contributed by atoms with E-state index in [-0.39, 0.29) is 24.7 Å². The minimum Gasteiger partial charge on any atom is -0.506 e. The van der Waals surface area contributed by atoms with Gasteiger partial charge in [0.05, 0.1) is 17.2 Å². The molecule has 0 bridgehead atoms. The predicted molar refractivity (Wildman–Crippen MR) is 113 cm³/mol. The molecule has 0 amide bonds. The number of carbonyl (C=O) groups is 1. The molecule has 148 valence electrons. The summed E-state index contributed by atoms with van der Waals surface area (Å²) in [5, 5.41) is 11.2. The summed E-state index contributed by atoms with van der Waals surface area (Å²) in [5.74, 6) is 0.586. The zero-order valence-corrected chi connectivity index (χ0v) is 16.8. The number of rotatable bonds is 4. The van der Waals surface area contributed by atoms with E-state index in [4.69, 9.17) is 14.2 Å². The maximum Gasteiger partial charge on any atom is 0.344 e. The third-order valence-corrected chi connectivity index (χ3v) is 5.42. The van der Waals surface area contributed by atoms with Crippen LogP contribution in [0.2, 0.25) is 0 Å². The highest BCUT2D eigenvalue weighted by atomic mass is 32.2. The van der Waals surface area contributed by atoms with E-state index in [0.717, 1.165) is 16.8 Å². The van der Waals surface area contributed by atoms with Crippen LogP contribution >= 0.6 is 11.8 Å². The smallest absolute Gasteiger partial charge is 0.344 e. The Kier molecular flexibility index (Phi) is 5.31. The van der Waals surface area contributed by atoms with Crippen molar-refractivity contribution in [3.8, 4) is 11.5 Å². The summed E-state index contributed by atoms with van der Waals surface area (Å²) in [6.45, 7) is 4.06. The van der Waals surface area contributed by atoms with E-state index in [1.165, 1.54) is 11.8 Å². The highest BCUT2D eigenvalue weighted by Gasteiger charge is 2.33. The van der Waals surface area contributed by atoms with E-state index in [1.807, 2.05) is 49.4 Å². The molecule has 7 heteroatoms. The summed E-state index contributed by atoms with van der Waals surface area (Å²) in [6, 6.07) is 13.1. The highest BCUT2D eigenvalue weighted by molar-refractivity contribution is 8.18. The number of hydrogen-bond acceptors (Lipinski definition) is 7. The Morgan fingerprint density at radius 2 is 2.03 bits per heavy atom. The van der Waals surface area contributed by atoms with Crippen LogP contribution in [0.5, 0.6) is 11.5 Å². The average Bonchev–Trinajstić information content (AvgIpc) is 3.28. The lowest BCUT2D eigenvalue weighted by atomic mass is 10.1. The quantitative estimate of drug-likeness (QED) is 0.723. The van der Waals surface area contributed by atoms with E-state index in [2.05, 4.69) is 4.99 Å². The van der Waals surface area contributed by atoms with Crippen molar-refractivity contribution in [2.24, 2.45) is 4.99 Å². The third kappa shape index (κ3) is 3.86. The van der Waals surface area contributed by atoms with Crippen LogP contribution in [-0.4, -0.2) is 29.5 Å². The maximum absolute atomic E-state index is 12.5. The number of aliphatic hydroxyl groups excluding tert-OH is 1. The van der Waals surface area contributed by atoms with Crippen LogP contribution < -0.4 is 9.47 Å². The first-order chi connectivity index (χ1) is 14.1. The lowest BCUT2D eigenvalue weighted by Gasteiger charge is -2.05. The monoisotopic (exact) mass is 409 g/mol. The second-order valence-corrected chi connectivity index (χ2v) is 7.40. The van der Waals surface area contributed by atoms with E-state index in [9.17, 15) is 9.90 Å². The molecule has 0 aliphatic carbocycles. The average molecular weight is 409 g/mol. The molecule has 0 atom stereocenters. The summed E-state index contributed by atoms with van der Waals surface area (Å²) < 4.78 is 15.9. The van der Waals surface area contributed by atoms with Crippen molar-refractivity contribution in [2.75, 3.05) is 13.4 Å². The number of fused-ring (bicyclic) bond motifs is 1. The van der Waals surface area contributed by atoms with Gasteiger partial charge in [0.25, 0.3) is 0 Å². The minimum atomic E-state index is -0.598. The fourth-order valence-electron chi connectivity index (χ4n) is 2.94. The summed E-state index contributed by atoms with van der Waals surface area (Å²) in [7, 11) is 0. The number of carbonyl (C=O) groups excluding carboxylic acids is 1. The molecule has 2 aromatic rings. The first kappa shape index (κ1) is 19.1. The molecule has 29 heavy (non-hydrogen) atoms. The van der Waals surface area contributed by atoms with Gasteiger partial charge in [-0.2, -0.15) is 0 Å². The van der Waals surface area contributed by atoms with Crippen molar-refractivity contribution in [1.29, 1.82) is 0 Å². The fraction of sp³-hybridized carbons (Fsp3) is 0.182. The van der Waals surface area contributed by atoms with Gasteiger partial charge >= 0.3 is 5.97 Å². The maximum atomic E-state index is 12.5. The standard InChI is InChI=1S/C22H19NO5S/c1-3-26-22(25)19-20(24)18(11-14-8-9-16-17(10-14)28-12-27-16)29-21(19)23-15-7-5-4-6-13(15)2/h4-11,24H,3,12H2,1-2H3/b18-11+,23-21?. The van der Waals surface area contributed by atoms with Gasteiger partial charge in [-0.25, -0.2) is 9.79 Å². The Balaban J connectivity index is 1.74. The Labute approximate surface area is 172 Å². The molecule has 0 spiro atoms. The van der Waals surface area contributed by atoms with Crippen molar-refractivity contribution in [3.63, 3.8) is 0 Å². The molecule has 2 aromatic carbocycles. The molecule has 0 saturated carbocycles. The third-order valence-electron chi connectivity index (χ3n) is 4.40. The second kappa shape index (κ2) is 8.05. The molecule has 4 rings (SSSR count). The van der Waals surface area contributed by atoms with Gasteiger partial charge in [0.1, 0.15) is 16.4 Å². The fourth-order valence-corrected chi connectivity index (χ4v) is 3.97. The molecule has 0 fully saturated rings. The molecular formula is C22H19NO5S. The number of aliphatic hydroxyl groups is 1. The van der Waals surface area contributed by atoms with Gasteiger partial charge in [-0.15, -0.1) is 0 Å². The normalized spacial score (nSPS) is 18.0. The van der Waals surface area contributed by atoms with E-state index in [0.29, 0.717) is 21.4 Å². The molecule has 2 aliphatic heterocycles. The first-order valence-corrected chi connectivity index (χ1v) is 9.93. The molecule has 2 aliphatic rings. The van der Waals surface area contributed by atoms with Crippen LogP contribution in [0, 0.1) is 6.92 Å². The summed E-state index contributed by atoms with van der Waals surface area (Å²) in [6.07, 6.45) is 1.78. The number of para-hydroxylation sites is 1. The lowest BCUT2D eigenvalue weighted by molar-refractivity contribution is -0.138. The highest BCUT2D eigenvalue weighted by Crippen LogP contribution is 2.41. The van der Waals surface area contributed by atoms with Gasteiger partial charge in [0, 0.05) is 0 Å². The zero-order valence-electron chi connectivity index (χ0n) is 16.0. The molecule has 0 radical (unpaired) electrons. The van der Waals surface area contributed by atoms with E-state index < -0.39 is 5.97 Å². The van der Waals surface area contributed by atoms with Gasteiger partial charge in [-0.05, 0) is 49.2 Å². The van der Waals surface area contributed by atoms with Gasteiger partial charge in [-0.1, -0.05) is 36.0 Å². The summed E-state index contributed by atoms with van der Waals surface area (Å²) >= 11 is 1.23. The number of thioether (sulfide) groups is 1. The largest absolute Gasteiger partial charge is 0.506 e. The lowest BCUT2D eigenvalue weighted by Crippen LogP contribution is -2.12. The van der Waals surface area contributed by atoms with Crippen LogP contribution in [0.3, 0.4) is 0 Å². The number of hydrogen-bond donors (Lipinski definition) is 1. The van der Waals surface area contributed by atoms with Gasteiger partial charge < -0.3 is 19.3 Å². The Hall–Kier alpha value is -3.19. The number of esters is 1. The zero-order chi connectivity index (χ0) is 20.4. The van der Waals surface area contributed by atoms with Crippen LogP contribution in [-0.2, 0) is 9.53 Å². The number of aryl methyl sites for hydroxylation is 1. The summed E-state index contributed by atoms with van der Waals surface area (Å²) in [4.78, 5) is 17.6. The van der Waals surface area contributed by atoms with Crippen molar-refractivity contribution in [1.82, 2.24) is 0 Å². The van der Waals surface area contributed by atoms with E-state index in [1.54, 1.807) is 13.0 Å². The van der Waals surface area contributed by atoms with Gasteiger partial charge in [0.15, 0.2) is 11.5 Å². The topological polar surface area (TPSA) is 77.4 Å². The second-order valence-electron chi connectivity index (χ2n) is 6.37. The molecule has 6 nitrogen and oxygen atoms in total. The molecular weight excluding hydrogens is 390 g/mol. The van der Waals surface area contributed by atoms with Crippen LogP contribution in [0.4, 0.5) is 5.69 Å². The van der Waals surface area contributed by atoms with Crippen molar-refractivity contribution < 1.29 is 24.1 Å². The molecule has 0 unspecified atom stereocenters. The van der Waals surface area contributed by atoms with Gasteiger partial charge in [-0.3, -0.25) is 0 Å². The molecule has 2 heterocycles. The SMILES string of the molecule is CCOC(=O)C1=C(O)/C(=C\c2ccc3c(c2)OCO3)SC1=Nc1ccccc1C. The number of benzene rings is 2. The molecule has 0 saturated heterocycles. The minimum absolute atomic E-state index is 0.0760. The Bertz CT molecular complexity index is 1070. The van der Waals surface area contributed by atoms with Crippen molar-refractivity contribution in [3.05, 3.63) is 69.8 Å².